The zero-order valence-electron chi connectivity index (χ0n) is 11.4. The van der Waals surface area contributed by atoms with Crippen LogP contribution in [-0.4, -0.2) is 20.6 Å². The van der Waals surface area contributed by atoms with Crippen molar-refractivity contribution >= 4 is 16.9 Å². The van der Waals surface area contributed by atoms with Crippen molar-refractivity contribution in [1.29, 1.82) is 0 Å². The molecule has 0 atom stereocenters. The van der Waals surface area contributed by atoms with Crippen LogP contribution < -0.4 is 5.43 Å². The summed E-state index contributed by atoms with van der Waals surface area (Å²) in [5, 5.41) is 9.30. The van der Waals surface area contributed by atoms with E-state index in [1.807, 2.05) is 0 Å². The Hall–Kier alpha value is -3.02. The van der Waals surface area contributed by atoms with Gasteiger partial charge in [0.15, 0.2) is 5.56 Å². The molecule has 5 nitrogen and oxygen atoms in total. The maximum Gasteiger partial charge on any atom is 0.344 e. The molecule has 2 heterocycles. The summed E-state index contributed by atoms with van der Waals surface area (Å²) >= 11 is 0. The Balaban J connectivity index is 2.33. The van der Waals surface area contributed by atoms with Crippen molar-refractivity contribution in [3.05, 3.63) is 76.1 Å². The van der Waals surface area contributed by atoms with Crippen LogP contribution in [0.2, 0.25) is 0 Å². The van der Waals surface area contributed by atoms with Crippen LogP contribution in [0, 0.1) is 5.95 Å². The van der Waals surface area contributed by atoms with E-state index in [2.05, 4.69) is 4.98 Å². The quantitative estimate of drug-likeness (QED) is 0.753. The van der Waals surface area contributed by atoms with E-state index >= 15 is 0 Å². The number of aromatic nitrogens is 2. The van der Waals surface area contributed by atoms with Gasteiger partial charge < -0.3 is 9.67 Å². The SMILES string of the molecule is O=C(O)c1c(F)n(Cc2cccnc2)c2ccccc2c1=O. The van der Waals surface area contributed by atoms with E-state index in [4.69, 9.17) is 5.11 Å². The first-order chi connectivity index (χ1) is 10.6. The summed E-state index contributed by atoms with van der Waals surface area (Å²) in [4.78, 5) is 27.3. The van der Waals surface area contributed by atoms with E-state index < -0.39 is 22.9 Å². The van der Waals surface area contributed by atoms with Crippen molar-refractivity contribution in [3.63, 3.8) is 0 Å². The number of rotatable bonds is 3. The average Bonchev–Trinajstić information content (AvgIpc) is 2.52. The molecule has 0 amide bonds. The second-order valence-electron chi connectivity index (χ2n) is 4.76. The van der Waals surface area contributed by atoms with Crippen molar-refractivity contribution in [3.8, 4) is 0 Å². The summed E-state index contributed by atoms with van der Waals surface area (Å²) in [7, 11) is 0. The summed E-state index contributed by atoms with van der Waals surface area (Å²) in [6, 6.07) is 9.81. The Morgan fingerprint density at radius 2 is 2.00 bits per heavy atom. The first-order valence-corrected chi connectivity index (χ1v) is 6.53. The van der Waals surface area contributed by atoms with Crippen molar-refractivity contribution in [1.82, 2.24) is 9.55 Å². The fourth-order valence-electron chi connectivity index (χ4n) is 2.38. The van der Waals surface area contributed by atoms with Crippen LogP contribution in [0.25, 0.3) is 10.9 Å². The third kappa shape index (κ3) is 2.24. The maximum absolute atomic E-state index is 14.6. The summed E-state index contributed by atoms with van der Waals surface area (Å²) in [5.74, 6) is -2.63. The van der Waals surface area contributed by atoms with Gasteiger partial charge in [0, 0.05) is 17.8 Å². The Morgan fingerprint density at radius 3 is 2.68 bits per heavy atom. The zero-order valence-corrected chi connectivity index (χ0v) is 11.4. The monoisotopic (exact) mass is 298 g/mol. The molecule has 0 aliphatic carbocycles. The number of para-hydroxylation sites is 1. The number of aromatic carboxylic acids is 1. The van der Waals surface area contributed by atoms with Crippen LogP contribution in [0.1, 0.15) is 15.9 Å². The molecule has 0 fully saturated rings. The third-order valence-corrected chi connectivity index (χ3v) is 3.39. The Morgan fingerprint density at radius 1 is 1.23 bits per heavy atom. The molecule has 0 aliphatic heterocycles. The van der Waals surface area contributed by atoms with E-state index in [1.165, 1.54) is 10.6 Å². The van der Waals surface area contributed by atoms with Gasteiger partial charge in [0.05, 0.1) is 12.1 Å². The summed E-state index contributed by atoms with van der Waals surface area (Å²) in [5.41, 5.74) is -0.615. The molecular formula is C16H11FN2O3. The molecule has 3 aromatic rings. The number of fused-ring (bicyclic) bond motifs is 1. The lowest BCUT2D eigenvalue weighted by molar-refractivity contribution is 0.0688. The molecule has 0 saturated heterocycles. The maximum atomic E-state index is 14.6. The summed E-state index contributed by atoms with van der Waals surface area (Å²) < 4.78 is 15.7. The predicted molar refractivity (Wildman–Crippen MR) is 78.5 cm³/mol. The van der Waals surface area contributed by atoms with Gasteiger partial charge in [-0.05, 0) is 23.8 Å². The molecule has 0 radical (unpaired) electrons. The van der Waals surface area contributed by atoms with Gasteiger partial charge in [0.2, 0.25) is 11.4 Å². The lowest BCUT2D eigenvalue weighted by Gasteiger charge is -2.14. The van der Waals surface area contributed by atoms with Crippen LogP contribution in [0.15, 0.2) is 53.6 Å². The van der Waals surface area contributed by atoms with E-state index in [1.54, 1.807) is 42.7 Å². The number of nitrogens with zero attached hydrogens (tertiary/aromatic N) is 2. The van der Waals surface area contributed by atoms with Gasteiger partial charge in [0.25, 0.3) is 0 Å². The van der Waals surface area contributed by atoms with Gasteiger partial charge in [-0.2, -0.15) is 4.39 Å². The highest BCUT2D eigenvalue weighted by Crippen LogP contribution is 2.17. The van der Waals surface area contributed by atoms with Gasteiger partial charge in [-0.25, -0.2) is 4.79 Å². The minimum Gasteiger partial charge on any atom is -0.477 e. The molecule has 6 heteroatoms. The van der Waals surface area contributed by atoms with Gasteiger partial charge in [-0.15, -0.1) is 0 Å². The first kappa shape index (κ1) is 13.9. The van der Waals surface area contributed by atoms with Gasteiger partial charge in [-0.3, -0.25) is 9.78 Å². The zero-order chi connectivity index (χ0) is 15.7. The largest absolute Gasteiger partial charge is 0.477 e. The lowest BCUT2D eigenvalue weighted by atomic mass is 10.1. The molecule has 2 aromatic heterocycles. The van der Waals surface area contributed by atoms with Crippen molar-refractivity contribution in [2.24, 2.45) is 0 Å². The second-order valence-corrected chi connectivity index (χ2v) is 4.76. The summed E-state index contributed by atoms with van der Waals surface area (Å²) in [6.45, 7) is 0.0841. The molecule has 0 saturated carbocycles. The van der Waals surface area contributed by atoms with Gasteiger partial charge >= 0.3 is 5.97 Å². The number of carboxylic acids is 1. The third-order valence-electron chi connectivity index (χ3n) is 3.39. The molecule has 1 aromatic carbocycles. The molecule has 22 heavy (non-hydrogen) atoms. The van der Waals surface area contributed by atoms with E-state index in [-0.39, 0.29) is 11.9 Å². The minimum atomic E-state index is -1.58. The Kier molecular flexibility index (Phi) is 3.42. The van der Waals surface area contributed by atoms with Crippen LogP contribution >= 0.6 is 0 Å². The van der Waals surface area contributed by atoms with Crippen molar-refractivity contribution < 1.29 is 14.3 Å². The standard InChI is InChI=1S/C16H11FN2O3/c17-15-13(16(21)22)14(20)11-5-1-2-6-12(11)19(15)9-10-4-3-7-18-8-10/h1-8H,9H2,(H,21,22). The van der Waals surface area contributed by atoms with E-state index in [9.17, 15) is 14.0 Å². The fraction of sp³-hybridized carbons (Fsp3) is 0.0625. The summed E-state index contributed by atoms with van der Waals surface area (Å²) in [6.07, 6.45) is 3.15. The molecule has 0 spiro atoms. The van der Waals surface area contributed by atoms with Crippen LogP contribution in [0.3, 0.4) is 0 Å². The Labute approximate surface area is 124 Å². The molecular weight excluding hydrogens is 287 g/mol. The normalized spacial score (nSPS) is 10.8. The molecule has 0 unspecified atom stereocenters. The molecule has 0 bridgehead atoms. The first-order valence-electron chi connectivity index (χ1n) is 6.53. The number of benzene rings is 1. The lowest BCUT2D eigenvalue weighted by Crippen LogP contribution is -2.23. The van der Waals surface area contributed by atoms with Crippen LogP contribution in [0.5, 0.6) is 0 Å². The highest BCUT2D eigenvalue weighted by molar-refractivity contribution is 5.92. The number of hydrogen-bond donors (Lipinski definition) is 1. The number of pyridine rings is 2. The average molecular weight is 298 g/mol. The fourth-order valence-corrected chi connectivity index (χ4v) is 2.38. The molecule has 0 aliphatic rings. The second kappa shape index (κ2) is 5.40. The number of carbonyl (C=O) groups is 1. The number of halogens is 1. The van der Waals surface area contributed by atoms with Crippen LogP contribution in [0.4, 0.5) is 4.39 Å². The highest BCUT2D eigenvalue weighted by atomic mass is 19.1. The Bertz CT molecular complexity index is 920. The van der Waals surface area contributed by atoms with Crippen LogP contribution in [-0.2, 0) is 6.54 Å². The molecule has 110 valence electrons. The topological polar surface area (TPSA) is 72.2 Å². The van der Waals surface area contributed by atoms with Crippen molar-refractivity contribution in [2.45, 2.75) is 6.54 Å². The number of carboxylic acid groups (broad SMARTS) is 1. The molecule has 1 N–H and O–H groups in total. The van der Waals surface area contributed by atoms with Gasteiger partial charge in [-0.1, -0.05) is 18.2 Å². The highest BCUT2D eigenvalue weighted by Gasteiger charge is 2.22. The minimum absolute atomic E-state index is 0.0841. The number of hydrogen-bond acceptors (Lipinski definition) is 3. The molecule has 3 rings (SSSR count). The van der Waals surface area contributed by atoms with E-state index in [0.717, 1.165) is 0 Å². The smallest absolute Gasteiger partial charge is 0.344 e. The predicted octanol–water partition coefficient (Wildman–Crippen LogP) is 2.28. The van der Waals surface area contributed by atoms with Gasteiger partial charge in [0.1, 0.15) is 0 Å². The van der Waals surface area contributed by atoms with E-state index in [0.29, 0.717) is 11.1 Å². The van der Waals surface area contributed by atoms with Crippen molar-refractivity contribution in [2.75, 3.05) is 0 Å².